The number of hydrogen-bond acceptors (Lipinski definition) is 3. The molecule has 0 aliphatic heterocycles. The van der Waals surface area contributed by atoms with Gasteiger partial charge in [0.2, 0.25) is 0 Å². The van der Waals surface area contributed by atoms with Gasteiger partial charge in [-0.1, -0.05) is 19.3 Å². The first-order chi connectivity index (χ1) is 8.22. The Bertz CT molecular complexity index is 430. The molecule has 0 amide bonds. The summed E-state index contributed by atoms with van der Waals surface area (Å²) in [6, 6.07) is 0. The SMILES string of the molecule is O=C(O)C1(c2nc(C3CCCC3)cs2)CCC1. The molecule has 2 saturated carbocycles. The molecule has 3 nitrogen and oxygen atoms in total. The van der Waals surface area contributed by atoms with Crippen LogP contribution in [0.4, 0.5) is 0 Å². The number of carbonyl (C=O) groups is 1. The molecule has 0 bridgehead atoms. The molecule has 1 aromatic rings. The van der Waals surface area contributed by atoms with Crippen LogP contribution in [0.3, 0.4) is 0 Å². The minimum absolute atomic E-state index is 0.589. The summed E-state index contributed by atoms with van der Waals surface area (Å²) in [6.07, 6.45) is 7.58. The molecule has 3 rings (SSSR count). The zero-order valence-electron chi connectivity index (χ0n) is 9.82. The van der Waals surface area contributed by atoms with E-state index in [4.69, 9.17) is 0 Å². The van der Waals surface area contributed by atoms with Crippen LogP contribution in [0, 0.1) is 0 Å². The van der Waals surface area contributed by atoms with E-state index in [1.165, 1.54) is 25.7 Å². The van der Waals surface area contributed by atoms with Gasteiger partial charge in [-0.05, 0) is 25.7 Å². The summed E-state index contributed by atoms with van der Waals surface area (Å²) in [5, 5.41) is 12.3. The summed E-state index contributed by atoms with van der Waals surface area (Å²) in [7, 11) is 0. The molecule has 4 heteroatoms. The van der Waals surface area contributed by atoms with Crippen LogP contribution >= 0.6 is 11.3 Å². The average Bonchev–Trinajstić information content (AvgIpc) is 2.83. The molecule has 17 heavy (non-hydrogen) atoms. The second-order valence-electron chi connectivity index (χ2n) is 5.30. The highest BCUT2D eigenvalue weighted by atomic mass is 32.1. The number of thiazole rings is 1. The van der Waals surface area contributed by atoms with Crippen molar-refractivity contribution in [1.29, 1.82) is 0 Å². The van der Waals surface area contributed by atoms with Gasteiger partial charge in [0, 0.05) is 11.3 Å². The highest BCUT2D eigenvalue weighted by Crippen LogP contribution is 2.46. The Balaban J connectivity index is 1.86. The van der Waals surface area contributed by atoms with Gasteiger partial charge >= 0.3 is 5.97 Å². The highest BCUT2D eigenvalue weighted by Gasteiger charge is 2.48. The Morgan fingerprint density at radius 3 is 2.59 bits per heavy atom. The molecule has 0 saturated heterocycles. The summed E-state index contributed by atoms with van der Waals surface area (Å²) in [6.45, 7) is 0. The van der Waals surface area contributed by atoms with Gasteiger partial charge in [0.15, 0.2) is 0 Å². The predicted molar refractivity (Wildman–Crippen MR) is 66.5 cm³/mol. The van der Waals surface area contributed by atoms with Gasteiger partial charge in [0.05, 0.1) is 5.69 Å². The van der Waals surface area contributed by atoms with Crippen LogP contribution in [0.1, 0.15) is 61.6 Å². The monoisotopic (exact) mass is 251 g/mol. The third-order valence-electron chi connectivity index (χ3n) is 4.32. The number of rotatable bonds is 3. The molecule has 1 heterocycles. The molecule has 92 valence electrons. The zero-order chi connectivity index (χ0) is 11.9. The maximum atomic E-state index is 11.4. The fourth-order valence-electron chi connectivity index (χ4n) is 2.96. The standard InChI is InChI=1S/C13H17NO2S/c15-12(16)13(6-3-7-13)11-14-10(8-17-11)9-4-1-2-5-9/h8-9H,1-7H2,(H,15,16). The molecule has 0 aromatic carbocycles. The Hall–Kier alpha value is -0.900. The summed E-state index contributed by atoms with van der Waals surface area (Å²) >= 11 is 1.56. The Morgan fingerprint density at radius 1 is 1.35 bits per heavy atom. The molecule has 0 unspecified atom stereocenters. The van der Waals surface area contributed by atoms with Crippen molar-refractivity contribution < 1.29 is 9.90 Å². The number of carboxylic acids is 1. The fourth-order valence-corrected chi connectivity index (χ4v) is 4.12. The van der Waals surface area contributed by atoms with Crippen LogP contribution in [0.25, 0.3) is 0 Å². The van der Waals surface area contributed by atoms with E-state index >= 15 is 0 Å². The van der Waals surface area contributed by atoms with E-state index in [1.807, 2.05) is 0 Å². The normalized spacial score (nSPS) is 23.5. The van der Waals surface area contributed by atoms with Crippen LogP contribution in [-0.2, 0) is 10.2 Å². The van der Waals surface area contributed by atoms with E-state index in [-0.39, 0.29) is 0 Å². The molecule has 1 N–H and O–H groups in total. The molecular formula is C13H17NO2S. The number of aromatic nitrogens is 1. The van der Waals surface area contributed by atoms with Crippen LogP contribution in [0.15, 0.2) is 5.38 Å². The lowest BCUT2D eigenvalue weighted by Crippen LogP contribution is -2.42. The van der Waals surface area contributed by atoms with Crippen LogP contribution in [-0.4, -0.2) is 16.1 Å². The molecule has 0 radical (unpaired) electrons. The van der Waals surface area contributed by atoms with E-state index in [0.717, 1.165) is 30.0 Å². The van der Waals surface area contributed by atoms with Gasteiger partial charge in [0.1, 0.15) is 10.4 Å². The highest BCUT2D eigenvalue weighted by molar-refractivity contribution is 7.10. The van der Waals surface area contributed by atoms with Crippen molar-refractivity contribution in [1.82, 2.24) is 4.98 Å². The average molecular weight is 251 g/mol. The van der Waals surface area contributed by atoms with Gasteiger partial charge in [0.25, 0.3) is 0 Å². The van der Waals surface area contributed by atoms with E-state index in [0.29, 0.717) is 5.92 Å². The summed E-state index contributed by atoms with van der Waals surface area (Å²) in [5.41, 5.74) is 0.511. The van der Waals surface area contributed by atoms with Gasteiger partial charge < -0.3 is 5.11 Å². The third-order valence-corrected chi connectivity index (χ3v) is 5.39. The Kier molecular flexibility index (Phi) is 2.69. The maximum Gasteiger partial charge on any atom is 0.316 e. The largest absolute Gasteiger partial charge is 0.481 e. The quantitative estimate of drug-likeness (QED) is 0.896. The van der Waals surface area contributed by atoms with Crippen LogP contribution in [0.2, 0.25) is 0 Å². The van der Waals surface area contributed by atoms with Crippen molar-refractivity contribution in [2.45, 2.75) is 56.3 Å². The molecule has 2 fully saturated rings. The molecule has 2 aliphatic carbocycles. The van der Waals surface area contributed by atoms with Crippen LogP contribution in [0.5, 0.6) is 0 Å². The van der Waals surface area contributed by atoms with Gasteiger partial charge in [-0.2, -0.15) is 0 Å². The summed E-state index contributed by atoms with van der Waals surface area (Å²) < 4.78 is 0. The topological polar surface area (TPSA) is 50.2 Å². The lowest BCUT2D eigenvalue weighted by atomic mass is 9.69. The van der Waals surface area contributed by atoms with Gasteiger partial charge in [-0.15, -0.1) is 11.3 Å². The molecule has 0 atom stereocenters. The maximum absolute atomic E-state index is 11.4. The third kappa shape index (κ3) is 1.69. The van der Waals surface area contributed by atoms with E-state index in [9.17, 15) is 9.90 Å². The minimum Gasteiger partial charge on any atom is -0.481 e. The summed E-state index contributed by atoms with van der Waals surface area (Å²) in [4.78, 5) is 16.0. The van der Waals surface area contributed by atoms with E-state index < -0.39 is 11.4 Å². The van der Waals surface area contributed by atoms with Gasteiger partial charge in [-0.25, -0.2) is 4.98 Å². The molecule has 2 aliphatic rings. The zero-order valence-corrected chi connectivity index (χ0v) is 10.6. The smallest absolute Gasteiger partial charge is 0.316 e. The second-order valence-corrected chi connectivity index (χ2v) is 6.16. The first-order valence-electron chi connectivity index (χ1n) is 6.42. The van der Waals surface area contributed by atoms with Crippen molar-refractivity contribution in [3.05, 3.63) is 16.1 Å². The van der Waals surface area contributed by atoms with Crippen LogP contribution < -0.4 is 0 Å². The lowest BCUT2D eigenvalue weighted by Gasteiger charge is -2.35. The molecular weight excluding hydrogens is 234 g/mol. The Labute approximate surface area is 105 Å². The van der Waals surface area contributed by atoms with Crippen molar-refractivity contribution in [3.63, 3.8) is 0 Å². The number of aliphatic carboxylic acids is 1. The van der Waals surface area contributed by atoms with Crippen molar-refractivity contribution in [2.24, 2.45) is 0 Å². The second kappa shape index (κ2) is 4.09. The van der Waals surface area contributed by atoms with Gasteiger partial charge in [-0.3, -0.25) is 4.79 Å². The lowest BCUT2D eigenvalue weighted by molar-refractivity contribution is -0.147. The predicted octanol–water partition coefficient (Wildman–Crippen LogP) is 3.31. The fraction of sp³-hybridized carbons (Fsp3) is 0.692. The number of carboxylic acid groups (broad SMARTS) is 1. The first-order valence-corrected chi connectivity index (χ1v) is 7.30. The van der Waals surface area contributed by atoms with E-state index in [2.05, 4.69) is 10.4 Å². The van der Waals surface area contributed by atoms with E-state index in [1.54, 1.807) is 11.3 Å². The van der Waals surface area contributed by atoms with Crippen molar-refractivity contribution in [3.8, 4) is 0 Å². The minimum atomic E-state index is -0.684. The van der Waals surface area contributed by atoms with Crippen molar-refractivity contribution in [2.75, 3.05) is 0 Å². The molecule has 0 spiro atoms. The number of hydrogen-bond donors (Lipinski definition) is 1. The van der Waals surface area contributed by atoms with Crippen molar-refractivity contribution >= 4 is 17.3 Å². The summed E-state index contributed by atoms with van der Waals surface area (Å²) in [5.74, 6) is -0.0954. The Morgan fingerprint density at radius 2 is 2.06 bits per heavy atom. The first kappa shape index (κ1) is 11.2. The molecule has 1 aromatic heterocycles. The number of nitrogens with zero attached hydrogens (tertiary/aromatic N) is 1.